The van der Waals surface area contributed by atoms with E-state index in [1.54, 1.807) is 11.3 Å². The second-order valence-corrected chi connectivity index (χ2v) is 6.39. The van der Waals surface area contributed by atoms with E-state index in [1.165, 1.54) is 4.88 Å². The lowest BCUT2D eigenvalue weighted by Gasteiger charge is -2.37. The van der Waals surface area contributed by atoms with Gasteiger partial charge in [-0.3, -0.25) is 4.90 Å². The fourth-order valence-electron chi connectivity index (χ4n) is 2.07. The molecule has 1 unspecified atom stereocenters. The summed E-state index contributed by atoms with van der Waals surface area (Å²) < 4.78 is 0. The molecule has 1 atom stereocenters. The van der Waals surface area contributed by atoms with Crippen LogP contribution < -0.4 is 10.6 Å². The van der Waals surface area contributed by atoms with Crippen molar-refractivity contribution >= 4 is 33.7 Å². The molecule has 0 amide bonds. The number of thiazole rings is 1. The van der Waals surface area contributed by atoms with Crippen LogP contribution >= 0.6 is 23.6 Å². The number of nitrogens with two attached hydrogens (primary N) is 1. The van der Waals surface area contributed by atoms with Gasteiger partial charge in [-0.25, -0.2) is 4.98 Å². The van der Waals surface area contributed by atoms with E-state index in [4.69, 9.17) is 18.0 Å². The van der Waals surface area contributed by atoms with Crippen molar-refractivity contribution in [3.8, 4) is 0 Å². The van der Waals surface area contributed by atoms with Gasteiger partial charge in [-0.2, -0.15) is 0 Å². The molecule has 6 heteroatoms. The number of rotatable bonds is 3. The molecule has 1 saturated heterocycles. The molecule has 0 bridgehead atoms. The summed E-state index contributed by atoms with van der Waals surface area (Å²) in [5, 5.41) is 1.15. The Morgan fingerprint density at radius 1 is 1.33 bits per heavy atom. The highest BCUT2D eigenvalue weighted by molar-refractivity contribution is 7.80. The molecule has 0 radical (unpaired) electrons. The lowest BCUT2D eigenvalue weighted by molar-refractivity contribution is 0.239. The van der Waals surface area contributed by atoms with Crippen LogP contribution in [0.1, 0.15) is 17.5 Å². The van der Waals surface area contributed by atoms with E-state index >= 15 is 0 Å². The zero-order valence-electron chi connectivity index (χ0n) is 11.1. The van der Waals surface area contributed by atoms with Crippen molar-refractivity contribution < 1.29 is 0 Å². The first-order valence-corrected chi connectivity index (χ1v) is 7.44. The highest BCUT2D eigenvalue weighted by atomic mass is 32.1. The Kier molecular flexibility index (Phi) is 4.19. The van der Waals surface area contributed by atoms with Gasteiger partial charge < -0.3 is 10.6 Å². The van der Waals surface area contributed by atoms with Crippen molar-refractivity contribution in [2.45, 2.75) is 26.8 Å². The Hall–Kier alpha value is -0.720. The summed E-state index contributed by atoms with van der Waals surface area (Å²) in [5.74, 6) is 0. The third kappa shape index (κ3) is 2.81. The molecular weight excluding hydrogens is 264 g/mol. The predicted molar refractivity (Wildman–Crippen MR) is 81.6 cm³/mol. The number of hydrogen-bond acceptors (Lipinski definition) is 5. The quantitative estimate of drug-likeness (QED) is 0.854. The lowest BCUT2D eigenvalue weighted by Crippen LogP contribution is -2.52. The van der Waals surface area contributed by atoms with Crippen molar-refractivity contribution in [2.75, 3.05) is 31.1 Å². The minimum atomic E-state index is 0.196. The second kappa shape index (κ2) is 5.50. The molecule has 0 spiro atoms. The zero-order chi connectivity index (χ0) is 13.3. The van der Waals surface area contributed by atoms with Gasteiger partial charge in [-0.15, -0.1) is 11.3 Å². The van der Waals surface area contributed by atoms with Crippen molar-refractivity contribution in [3.63, 3.8) is 0 Å². The molecule has 2 heterocycles. The predicted octanol–water partition coefficient (Wildman–Crippen LogP) is 1.56. The molecule has 1 aliphatic rings. The van der Waals surface area contributed by atoms with E-state index in [0.29, 0.717) is 4.99 Å². The number of hydrogen-bond donors (Lipinski definition) is 1. The molecule has 0 saturated carbocycles. The topological polar surface area (TPSA) is 45.4 Å². The first-order valence-electron chi connectivity index (χ1n) is 6.21. The number of aromatic nitrogens is 1. The first-order chi connectivity index (χ1) is 8.49. The Morgan fingerprint density at radius 3 is 2.39 bits per heavy atom. The maximum Gasteiger partial charge on any atom is 0.185 e. The molecule has 4 nitrogen and oxygen atoms in total. The van der Waals surface area contributed by atoms with Crippen LogP contribution in [0.3, 0.4) is 0 Å². The van der Waals surface area contributed by atoms with E-state index in [1.807, 2.05) is 0 Å². The molecule has 1 aromatic heterocycles. The van der Waals surface area contributed by atoms with Crippen LogP contribution in [-0.2, 0) is 0 Å². The molecule has 2 rings (SSSR count). The van der Waals surface area contributed by atoms with Crippen molar-refractivity contribution in [3.05, 3.63) is 10.6 Å². The molecular formula is C12H20N4S2. The smallest absolute Gasteiger partial charge is 0.185 e. The van der Waals surface area contributed by atoms with Gasteiger partial charge in [0.2, 0.25) is 0 Å². The minimum absolute atomic E-state index is 0.196. The average molecular weight is 284 g/mol. The highest BCUT2D eigenvalue weighted by Crippen LogP contribution is 2.26. The maximum absolute atomic E-state index is 5.70. The number of aryl methyl sites for hydroxylation is 2. The normalized spacial score (nSPS) is 18.9. The van der Waals surface area contributed by atoms with Crippen LogP contribution in [0.25, 0.3) is 0 Å². The average Bonchev–Trinajstić information content (AvgIpc) is 2.69. The SMILES string of the molecule is Cc1nc(N2CCN(C(C)C(N)=S)CC2)sc1C. The number of anilines is 1. The van der Waals surface area contributed by atoms with Gasteiger partial charge in [0.15, 0.2) is 5.13 Å². The summed E-state index contributed by atoms with van der Waals surface area (Å²) >= 11 is 6.84. The van der Waals surface area contributed by atoms with E-state index in [2.05, 4.69) is 35.6 Å². The third-order valence-corrected chi connectivity index (χ3v) is 5.04. The van der Waals surface area contributed by atoms with Gasteiger partial charge in [0, 0.05) is 31.1 Å². The summed E-state index contributed by atoms with van der Waals surface area (Å²) in [7, 11) is 0. The Balaban J connectivity index is 1.96. The Labute approximate surface area is 118 Å². The number of thiocarbonyl (C=S) groups is 1. The largest absolute Gasteiger partial charge is 0.392 e. The fourth-order valence-corrected chi connectivity index (χ4v) is 3.18. The van der Waals surface area contributed by atoms with Crippen LogP contribution in [0.5, 0.6) is 0 Å². The summed E-state index contributed by atoms with van der Waals surface area (Å²) in [6.45, 7) is 10.3. The van der Waals surface area contributed by atoms with Gasteiger partial charge in [0.1, 0.15) is 0 Å². The van der Waals surface area contributed by atoms with Gasteiger partial charge in [0.05, 0.1) is 16.7 Å². The molecule has 0 aliphatic carbocycles. The van der Waals surface area contributed by atoms with E-state index in [-0.39, 0.29) is 6.04 Å². The van der Waals surface area contributed by atoms with Gasteiger partial charge in [-0.05, 0) is 20.8 Å². The summed E-state index contributed by atoms with van der Waals surface area (Å²) in [4.78, 5) is 11.2. The number of piperazine rings is 1. The molecule has 2 N–H and O–H groups in total. The van der Waals surface area contributed by atoms with Gasteiger partial charge in [0.25, 0.3) is 0 Å². The van der Waals surface area contributed by atoms with Crippen LogP contribution in [0.2, 0.25) is 0 Å². The monoisotopic (exact) mass is 284 g/mol. The van der Waals surface area contributed by atoms with Crippen LogP contribution in [0, 0.1) is 13.8 Å². The van der Waals surface area contributed by atoms with Crippen molar-refractivity contribution in [2.24, 2.45) is 5.73 Å². The van der Waals surface area contributed by atoms with Gasteiger partial charge >= 0.3 is 0 Å². The Morgan fingerprint density at radius 2 is 1.94 bits per heavy atom. The van der Waals surface area contributed by atoms with Crippen LogP contribution in [0.15, 0.2) is 0 Å². The maximum atomic E-state index is 5.70. The first kappa shape index (κ1) is 13.7. The van der Waals surface area contributed by atoms with E-state index < -0.39 is 0 Å². The van der Waals surface area contributed by atoms with Crippen LogP contribution in [0.4, 0.5) is 5.13 Å². The zero-order valence-corrected chi connectivity index (χ0v) is 12.8. The molecule has 1 aromatic rings. The Bertz CT molecular complexity index is 416. The fraction of sp³-hybridized carbons (Fsp3) is 0.667. The third-order valence-electron chi connectivity index (χ3n) is 3.56. The summed E-state index contributed by atoms with van der Waals surface area (Å²) in [6, 6.07) is 0.196. The standard InChI is InChI=1S/C12H20N4S2/c1-8-10(3)18-12(14-8)16-6-4-15(5-7-16)9(2)11(13)17/h9H,4-7H2,1-3H3,(H2,13,17). The lowest BCUT2D eigenvalue weighted by atomic mass is 10.2. The van der Waals surface area contributed by atoms with Crippen molar-refractivity contribution in [1.82, 2.24) is 9.88 Å². The summed E-state index contributed by atoms with van der Waals surface area (Å²) in [5.41, 5.74) is 6.85. The number of nitrogens with zero attached hydrogens (tertiary/aromatic N) is 3. The molecule has 1 aliphatic heterocycles. The molecule has 0 aromatic carbocycles. The van der Waals surface area contributed by atoms with E-state index in [0.717, 1.165) is 37.0 Å². The van der Waals surface area contributed by atoms with Crippen molar-refractivity contribution in [1.29, 1.82) is 0 Å². The molecule has 1 fully saturated rings. The minimum Gasteiger partial charge on any atom is -0.392 e. The molecule has 100 valence electrons. The highest BCUT2D eigenvalue weighted by Gasteiger charge is 2.24. The van der Waals surface area contributed by atoms with Gasteiger partial charge in [-0.1, -0.05) is 12.2 Å². The summed E-state index contributed by atoms with van der Waals surface area (Å²) in [6.07, 6.45) is 0. The van der Waals surface area contributed by atoms with E-state index in [9.17, 15) is 0 Å². The molecule has 18 heavy (non-hydrogen) atoms. The second-order valence-electron chi connectivity index (χ2n) is 4.74. The van der Waals surface area contributed by atoms with Crippen LogP contribution in [-0.4, -0.2) is 47.1 Å².